The number of rotatable bonds is 7. The van der Waals surface area contributed by atoms with Crippen LogP contribution in [0.1, 0.15) is 56.5 Å². The van der Waals surface area contributed by atoms with Crippen LogP contribution in [0, 0.1) is 11.3 Å². The summed E-state index contributed by atoms with van der Waals surface area (Å²) in [5, 5.41) is 8.14. The summed E-state index contributed by atoms with van der Waals surface area (Å²) in [4.78, 5) is 35.9. The molecule has 0 aliphatic carbocycles. The number of carbonyl (C=O) groups is 2. The number of hydrogen-bond donors (Lipinski definition) is 3. The van der Waals surface area contributed by atoms with Gasteiger partial charge < -0.3 is 20.9 Å². The van der Waals surface area contributed by atoms with Gasteiger partial charge in [-0.1, -0.05) is 50.0 Å². The first kappa shape index (κ1) is 35.4. The SMILES string of the molecule is CC(NC(=O)c1cc2nc(Nc3c(Cl)ccc(CNC(=O)C(C)(C)C)c3Cl)n(C)c2nc1N1CCC(C(F)(F)F)CC1)C(F)(F)F. The van der Waals surface area contributed by atoms with E-state index in [1.165, 1.54) is 15.5 Å². The minimum atomic E-state index is -4.73. The Balaban J connectivity index is 1.71. The minimum Gasteiger partial charge on any atom is -0.356 e. The number of aryl methyl sites for hydroxylation is 1. The van der Waals surface area contributed by atoms with Crippen molar-refractivity contribution in [3.8, 4) is 0 Å². The summed E-state index contributed by atoms with van der Waals surface area (Å²) < 4.78 is 81.3. The Hall–Kier alpha value is -3.46. The third-order valence-corrected chi connectivity index (χ3v) is 8.44. The van der Waals surface area contributed by atoms with E-state index in [1.807, 2.05) is 5.32 Å². The van der Waals surface area contributed by atoms with Gasteiger partial charge in [0.2, 0.25) is 11.9 Å². The molecule has 3 N–H and O–H groups in total. The average Bonchev–Trinajstić information content (AvgIpc) is 3.26. The van der Waals surface area contributed by atoms with E-state index in [0.717, 1.165) is 6.92 Å². The van der Waals surface area contributed by atoms with Crippen molar-refractivity contribution in [2.24, 2.45) is 18.4 Å². The van der Waals surface area contributed by atoms with Crippen molar-refractivity contribution >= 4 is 63.6 Å². The molecule has 4 rings (SSSR count). The second-order valence-corrected chi connectivity index (χ2v) is 13.0. The molecule has 9 nitrogen and oxygen atoms in total. The summed E-state index contributed by atoms with van der Waals surface area (Å²) >= 11 is 13.1. The number of aromatic nitrogens is 3. The highest BCUT2D eigenvalue weighted by Crippen LogP contribution is 2.38. The molecule has 3 aromatic rings. The van der Waals surface area contributed by atoms with E-state index in [4.69, 9.17) is 23.2 Å². The molecule has 0 spiro atoms. The summed E-state index contributed by atoms with van der Waals surface area (Å²) in [5.74, 6) is -2.78. The molecule has 1 aromatic carbocycles. The fourth-order valence-corrected chi connectivity index (χ4v) is 5.33. The zero-order valence-corrected chi connectivity index (χ0v) is 27.1. The Bertz CT molecular complexity index is 1630. The standard InChI is InChI=1S/C29H33Cl2F6N7O2/c1-14(28(32,33)34)39-24(45)17-12-19-23(42-22(17)44-10-8-16(9-11-44)29(35,36)37)43(5)26(40-19)41-21-18(30)7-6-15(20(21)31)13-38-25(46)27(2,3)4/h6-7,12,14,16H,8-11,13H2,1-5H3,(H,38,46)(H,39,45)(H,40,41). The number of piperidine rings is 1. The lowest BCUT2D eigenvalue weighted by atomic mass is 9.95. The second kappa shape index (κ2) is 13.0. The van der Waals surface area contributed by atoms with Crippen LogP contribution in [0.15, 0.2) is 18.2 Å². The van der Waals surface area contributed by atoms with Crippen molar-refractivity contribution in [1.29, 1.82) is 0 Å². The van der Waals surface area contributed by atoms with Gasteiger partial charge in [0.1, 0.15) is 17.4 Å². The molecule has 46 heavy (non-hydrogen) atoms. The Kier molecular flexibility index (Phi) is 9.98. The van der Waals surface area contributed by atoms with Crippen molar-refractivity contribution in [2.75, 3.05) is 23.3 Å². The third kappa shape index (κ3) is 7.73. The van der Waals surface area contributed by atoms with Gasteiger partial charge in [-0.05, 0) is 37.5 Å². The van der Waals surface area contributed by atoms with E-state index in [1.54, 1.807) is 40.0 Å². The van der Waals surface area contributed by atoms with Gasteiger partial charge in [0.05, 0.1) is 27.2 Å². The van der Waals surface area contributed by atoms with Crippen LogP contribution in [-0.2, 0) is 18.4 Å². The summed E-state index contributed by atoms with van der Waals surface area (Å²) in [7, 11) is 1.57. The summed E-state index contributed by atoms with van der Waals surface area (Å²) in [5.41, 5.74) is 0.196. The molecule has 0 radical (unpaired) electrons. The van der Waals surface area contributed by atoms with Gasteiger partial charge in [-0.3, -0.25) is 14.2 Å². The number of hydrogen-bond acceptors (Lipinski definition) is 6. The van der Waals surface area contributed by atoms with Gasteiger partial charge in [0.25, 0.3) is 5.91 Å². The highest BCUT2D eigenvalue weighted by atomic mass is 35.5. The molecule has 252 valence electrons. The maximum atomic E-state index is 13.3. The molecular formula is C29H33Cl2F6N7O2. The van der Waals surface area contributed by atoms with Crippen molar-refractivity contribution in [3.05, 3.63) is 39.4 Å². The average molecular weight is 697 g/mol. The van der Waals surface area contributed by atoms with Crippen molar-refractivity contribution in [2.45, 2.75) is 65.5 Å². The fraction of sp³-hybridized carbons (Fsp3) is 0.517. The Labute approximate surface area is 271 Å². The van der Waals surface area contributed by atoms with Gasteiger partial charge >= 0.3 is 12.4 Å². The number of halogens is 8. The number of alkyl halides is 6. The molecule has 1 atom stereocenters. The van der Waals surface area contributed by atoms with E-state index >= 15 is 0 Å². The predicted molar refractivity (Wildman–Crippen MR) is 164 cm³/mol. The largest absolute Gasteiger partial charge is 0.408 e. The molecule has 1 unspecified atom stereocenters. The first-order valence-corrected chi connectivity index (χ1v) is 15.0. The number of anilines is 3. The topological polar surface area (TPSA) is 104 Å². The molecule has 2 aromatic heterocycles. The van der Waals surface area contributed by atoms with E-state index < -0.39 is 35.6 Å². The van der Waals surface area contributed by atoms with Crippen LogP contribution in [0.25, 0.3) is 11.2 Å². The van der Waals surface area contributed by atoms with E-state index in [0.29, 0.717) is 5.56 Å². The van der Waals surface area contributed by atoms with Crippen LogP contribution < -0.4 is 20.9 Å². The minimum absolute atomic E-state index is 0.0674. The Morgan fingerprint density at radius 2 is 1.67 bits per heavy atom. The number of pyridine rings is 1. The van der Waals surface area contributed by atoms with E-state index in [9.17, 15) is 35.9 Å². The van der Waals surface area contributed by atoms with Crippen molar-refractivity contribution < 1.29 is 35.9 Å². The molecule has 1 aliphatic heterocycles. The van der Waals surface area contributed by atoms with Crippen LogP contribution in [-0.4, -0.2) is 57.8 Å². The molecule has 2 amide bonds. The maximum absolute atomic E-state index is 13.3. The quantitative estimate of drug-likeness (QED) is 0.227. The number of nitrogens with zero attached hydrogens (tertiary/aromatic N) is 4. The molecule has 1 saturated heterocycles. The summed E-state index contributed by atoms with van der Waals surface area (Å²) in [6.45, 7) is 5.93. The Morgan fingerprint density at radius 1 is 1.04 bits per heavy atom. The number of fused-ring (bicyclic) bond motifs is 1. The van der Waals surface area contributed by atoms with Gasteiger partial charge in [0, 0.05) is 32.1 Å². The highest BCUT2D eigenvalue weighted by molar-refractivity contribution is 6.39. The summed E-state index contributed by atoms with van der Waals surface area (Å²) in [6, 6.07) is 2.27. The predicted octanol–water partition coefficient (Wildman–Crippen LogP) is 7.14. The first-order chi connectivity index (χ1) is 21.2. The van der Waals surface area contributed by atoms with Crippen LogP contribution >= 0.6 is 23.2 Å². The van der Waals surface area contributed by atoms with Crippen LogP contribution in [0.3, 0.4) is 0 Å². The van der Waals surface area contributed by atoms with Crippen molar-refractivity contribution in [3.63, 3.8) is 0 Å². The van der Waals surface area contributed by atoms with Gasteiger partial charge in [-0.25, -0.2) is 9.97 Å². The monoisotopic (exact) mass is 695 g/mol. The molecule has 1 aliphatic rings. The number of carbonyl (C=O) groups excluding carboxylic acids is 2. The van der Waals surface area contributed by atoms with Crippen LogP contribution in [0.4, 0.5) is 43.8 Å². The molecule has 3 heterocycles. The van der Waals surface area contributed by atoms with Crippen molar-refractivity contribution in [1.82, 2.24) is 25.2 Å². The molecule has 0 bridgehead atoms. The number of benzene rings is 1. The lowest BCUT2D eigenvalue weighted by molar-refractivity contribution is -0.179. The number of nitrogens with one attached hydrogen (secondary N) is 3. The van der Waals surface area contributed by atoms with Crippen LogP contribution in [0.5, 0.6) is 0 Å². The lowest BCUT2D eigenvalue weighted by Gasteiger charge is -2.34. The lowest BCUT2D eigenvalue weighted by Crippen LogP contribution is -2.44. The Morgan fingerprint density at radius 3 is 2.24 bits per heavy atom. The normalized spacial score (nSPS) is 15.6. The second-order valence-electron chi connectivity index (χ2n) is 12.2. The van der Waals surface area contributed by atoms with E-state index in [-0.39, 0.29) is 82.6 Å². The smallest absolute Gasteiger partial charge is 0.356 e. The number of amides is 2. The first-order valence-electron chi connectivity index (χ1n) is 14.3. The summed E-state index contributed by atoms with van der Waals surface area (Å²) in [6.07, 6.45) is -9.68. The number of imidazole rings is 1. The van der Waals surface area contributed by atoms with Crippen LogP contribution in [0.2, 0.25) is 10.0 Å². The molecular weight excluding hydrogens is 663 g/mol. The van der Waals surface area contributed by atoms with Gasteiger partial charge in [-0.15, -0.1) is 0 Å². The fourth-order valence-electron chi connectivity index (χ4n) is 4.80. The molecule has 0 saturated carbocycles. The zero-order valence-electron chi connectivity index (χ0n) is 25.6. The van der Waals surface area contributed by atoms with Gasteiger partial charge in [0.15, 0.2) is 5.65 Å². The third-order valence-electron chi connectivity index (χ3n) is 7.69. The van der Waals surface area contributed by atoms with Gasteiger partial charge in [-0.2, -0.15) is 26.3 Å². The zero-order chi connectivity index (χ0) is 34.4. The maximum Gasteiger partial charge on any atom is 0.408 e. The molecule has 1 fully saturated rings. The van der Waals surface area contributed by atoms with E-state index in [2.05, 4.69) is 20.6 Å². The highest BCUT2D eigenvalue weighted by Gasteiger charge is 2.42. The molecule has 17 heteroatoms.